The largest absolute Gasteiger partial charge is 0.479 e. The molecular formula is C23H26F2N8O3. The van der Waals surface area contributed by atoms with Crippen molar-refractivity contribution in [2.24, 2.45) is 0 Å². The van der Waals surface area contributed by atoms with Gasteiger partial charge in [-0.2, -0.15) is 4.98 Å². The zero-order valence-electron chi connectivity index (χ0n) is 19.6. The van der Waals surface area contributed by atoms with Crippen LogP contribution in [0.3, 0.4) is 0 Å². The number of aryl methyl sites for hydroxylation is 1. The second-order valence-electron chi connectivity index (χ2n) is 8.58. The molecule has 4 aromatic rings. The second kappa shape index (κ2) is 10.0. The van der Waals surface area contributed by atoms with Gasteiger partial charge in [0, 0.05) is 24.8 Å². The van der Waals surface area contributed by atoms with Crippen LogP contribution in [0.25, 0.3) is 27.7 Å². The van der Waals surface area contributed by atoms with Gasteiger partial charge >= 0.3 is 0 Å². The third-order valence-corrected chi connectivity index (χ3v) is 6.34. The van der Waals surface area contributed by atoms with Crippen LogP contribution in [-0.4, -0.2) is 91.2 Å². The first-order valence-corrected chi connectivity index (χ1v) is 11.6. The Labute approximate surface area is 204 Å². The normalized spacial score (nSPS) is 18.2. The number of benzene rings is 1. The number of hydrogen-bond donors (Lipinski definition) is 2. The Morgan fingerprint density at radius 2 is 2.19 bits per heavy atom. The first-order valence-electron chi connectivity index (χ1n) is 11.6. The molecule has 2 atom stereocenters. The van der Waals surface area contributed by atoms with Gasteiger partial charge in [0.25, 0.3) is 0 Å². The highest BCUT2D eigenvalue weighted by Gasteiger charge is 2.32. The van der Waals surface area contributed by atoms with E-state index in [-0.39, 0.29) is 12.5 Å². The Bertz CT molecular complexity index is 1390. The first-order chi connectivity index (χ1) is 17.5. The fourth-order valence-electron chi connectivity index (χ4n) is 4.50. The Kier molecular flexibility index (Phi) is 6.63. The molecule has 0 aliphatic carbocycles. The number of carbonyl (C=O) groups excluding carboxylic acids is 1. The van der Waals surface area contributed by atoms with E-state index in [1.54, 1.807) is 15.4 Å². The van der Waals surface area contributed by atoms with Crippen molar-refractivity contribution in [3.05, 3.63) is 30.5 Å². The maximum Gasteiger partial charge on any atom is 0.248 e. The smallest absolute Gasteiger partial charge is 0.248 e. The summed E-state index contributed by atoms with van der Waals surface area (Å²) in [7, 11) is 1.50. The van der Waals surface area contributed by atoms with Gasteiger partial charge in [-0.05, 0) is 36.6 Å². The third kappa shape index (κ3) is 4.41. The van der Waals surface area contributed by atoms with Gasteiger partial charge in [0.1, 0.15) is 23.8 Å². The molecule has 1 amide bonds. The van der Waals surface area contributed by atoms with E-state index in [1.807, 2.05) is 24.3 Å². The van der Waals surface area contributed by atoms with Crippen LogP contribution < -0.4 is 10.1 Å². The van der Waals surface area contributed by atoms with Crippen LogP contribution in [0.5, 0.6) is 5.88 Å². The molecule has 0 unspecified atom stereocenters. The fraction of sp³-hybridized carbons (Fsp3) is 0.435. The molecule has 0 spiro atoms. The summed E-state index contributed by atoms with van der Waals surface area (Å²) in [5.74, 6) is 0.00902. The fourth-order valence-corrected chi connectivity index (χ4v) is 4.50. The number of carbonyl (C=O) groups is 1. The average molecular weight is 501 g/mol. The van der Waals surface area contributed by atoms with Crippen molar-refractivity contribution in [1.29, 1.82) is 0 Å². The molecule has 5 rings (SSSR count). The number of aliphatic hydroxyl groups is 1. The van der Waals surface area contributed by atoms with Crippen molar-refractivity contribution >= 4 is 28.4 Å². The Balaban J connectivity index is 1.43. The van der Waals surface area contributed by atoms with E-state index in [1.165, 1.54) is 12.0 Å². The van der Waals surface area contributed by atoms with E-state index in [0.717, 1.165) is 16.6 Å². The molecule has 0 radical (unpaired) electrons. The van der Waals surface area contributed by atoms with Gasteiger partial charge in [-0.3, -0.25) is 9.18 Å². The van der Waals surface area contributed by atoms with Gasteiger partial charge in [0.15, 0.2) is 0 Å². The van der Waals surface area contributed by atoms with Crippen molar-refractivity contribution in [2.45, 2.75) is 31.6 Å². The maximum atomic E-state index is 14.7. The van der Waals surface area contributed by atoms with Crippen LogP contribution in [0.4, 0.5) is 14.7 Å². The number of alkyl halides is 2. The number of fused-ring (bicyclic) bond motifs is 2. The number of halogens is 2. The van der Waals surface area contributed by atoms with Gasteiger partial charge in [-0.15, -0.1) is 10.2 Å². The number of rotatable bonds is 8. The number of nitrogens with zero attached hydrogens (tertiary/aromatic N) is 7. The zero-order valence-corrected chi connectivity index (χ0v) is 19.6. The topological polar surface area (TPSA) is 123 Å². The molecule has 0 saturated carbocycles. The van der Waals surface area contributed by atoms with E-state index >= 15 is 0 Å². The van der Waals surface area contributed by atoms with Crippen LogP contribution in [0.2, 0.25) is 0 Å². The minimum atomic E-state index is -1.35. The molecule has 2 N–H and O–H groups in total. The number of amides is 1. The average Bonchev–Trinajstić information content (AvgIpc) is 3.51. The Morgan fingerprint density at radius 1 is 1.33 bits per heavy atom. The monoisotopic (exact) mass is 500 g/mol. The molecule has 4 heterocycles. The Morgan fingerprint density at radius 3 is 2.94 bits per heavy atom. The second-order valence-corrected chi connectivity index (χ2v) is 8.58. The zero-order chi connectivity index (χ0) is 25.2. The van der Waals surface area contributed by atoms with Crippen LogP contribution >= 0.6 is 0 Å². The number of piperidine rings is 1. The van der Waals surface area contributed by atoms with Crippen LogP contribution in [-0.2, 0) is 11.3 Å². The summed E-state index contributed by atoms with van der Waals surface area (Å²) >= 11 is 0. The highest BCUT2D eigenvalue weighted by atomic mass is 19.1. The summed E-state index contributed by atoms with van der Waals surface area (Å²) in [5.41, 5.74) is 3.81. The quantitative estimate of drug-likeness (QED) is 0.376. The highest BCUT2D eigenvalue weighted by Crippen LogP contribution is 2.33. The summed E-state index contributed by atoms with van der Waals surface area (Å²) in [5, 5.41) is 24.8. The van der Waals surface area contributed by atoms with Crippen LogP contribution in [0.1, 0.15) is 12.8 Å². The van der Waals surface area contributed by atoms with E-state index in [2.05, 4.69) is 25.7 Å². The highest BCUT2D eigenvalue weighted by molar-refractivity contribution is 5.89. The number of ether oxygens (including phenoxy) is 1. The molecular weight excluding hydrogens is 474 g/mol. The van der Waals surface area contributed by atoms with E-state index in [4.69, 9.17) is 9.84 Å². The molecule has 11 nitrogen and oxygen atoms in total. The van der Waals surface area contributed by atoms with Crippen molar-refractivity contribution in [1.82, 2.24) is 34.5 Å². The molecule has 190 valence electrons. The molecule has 1 aliphatic rings. The lowest BCUT2D eigenvalue weighted by Gasteiger charge is -2.34. The summed E-state index contributed by atoms with van der Waals surface area (Å²) in [6.07, 6.45) is 1.12. The number of aliphatic hydroxyl groups excluding tert-OH is 1. The lowest BCUT2D eigenvalue weighted by molar-refractivity contribution is -0.136. The van der Waals surface area contributed by atoms with Crippen molar-refractivity contribution < 1.29 is 23.4 Å². The molecule has 1 fully saturated rings. The van der Waals surface area contributed by atoms with Gasteiger partial charge in [-0.1, -0.05) is 11.3 Å². The van der Waals surface area contributed by atoms with Gasteiger partial charge < -0.3 is 20.1 Å². The standard InChI is InChI=1S/C23H26F2N8O3/c1-36-22-21-15(14-3-4-18-19(11-14)32(30-28-18)8-2-7-24)5-10-33(21)29-23(27-22)26-17-6-9-31(12-16(17)25)20(35)13-34/h3-5,10-11,16-17,34H,2,6-9,12-13H2,1H3,(H,26,29)/t16-,17+/m1/s1. The number of nitrogens with one attached hydrogen (secondary N) is 1. The summed E-state index contributed by atoms with van der Waals surface area (Å²) < 4.78 is 36.3. The number of likely N-dealkylation sites (tertiary alicyclic amines) is 1. The minimum absolute atomic E-state index is 0.108. The molecule has 0 bridgehead atoms. The number of anilines is 1. The molecule has 13 heteroatoms. The van der Waals surface area contributed by atoms with E-state index in [9.17, 15) is 13.6 Å². The Hall–Kier alpha value is -3.87. The predicted octanol–water partition coefficient (Wildman–Crippen LogP) is 1.85. The van der Waals surface area contributed by atoms with Crippen molar-refractivity contribution in [3.8, 4) is 17.0 Å². The SMILES string of the molecule is COc1nc(N[C@H]2CCN(C(=O)CO)C[C@H]2F)nn2ccc(-c3ccc4nnn(CCCF)c4c3)c12. The van der Waals surface area contributed by atoms with Crippen molar-refractivity contribution in [2.75, 3.05) is 38.8 Å². The number of methoxy groups -OCH3 is 1. The van der Waals surface area contributed by atoms with Crippen LogP contribution in [0.15, 0.2) is 30.5 Å². The molecule has 1 aliphatic heterocycles. The van der Waals surface area contributed by atoms with Gasteiger partial charge in [0.2, 0.25) is 17.7 Å². The summed E-state index contributed by atoms with van der Waals surface area (Å²) in [6.45, 7) is -0.426. The molecule has 3 aromatic heterocycles. The molecule has 1 saturated heterocycles. The van der Waals surface area contributed by atoms with E-state index in [0.29, 0.717) is 42.8 Å². The molecule has 36 heavy (non-hydrogen) atoms. The summed E-state index contributed by atoms with van der Waals surface area (Å²) in [6, 6.07) is 6.98. The molecule has 1 aromatic carbocycles. The van der Waals surface area contributed by atoms with E-state index < -0.39 is 31.4 Å². The third-order valence-electron chi connectivity index (χ3n) is 6.34. The summed E-state index contributed by atoms with van der Waals surface area (Å²) in [4.78, 5) is 17.4. The predicted molar refractivity (Wildman–Crippen MR) is 127 cm³/mol. The number of hydrogen-bond acceptors (Lipinski definition) is 8. The minimum Gasteiger partial charge on any atom is -0.479 e. The lowest BCUT2D eigenvalue weighted by atomic mass is 10.0. The first kappa shape index (κ1) is 23.9. The van der Waals surface area contributed by atoms with Crippen molar-refractivity contribution in [3.63, 3.8) is 0 Å². The van der Waals surface area contributed by atoms with Gasteiger partial charge in [-0.25, -0.2) is 13.6 Å². The lowest BCUT2D eigenvalue weighted by Crippen LogP contribution is -2.50. The number of aromatic nitrogens is 6. The van der Waals surface area contributed by atoms with Crippen LogP contribution in [0, 0.1) is 0 Å². The van der Waals surface area contributed by atoms with Gasteiger partial charge in [0.05, 0.1) is 31.9 Å². The maximum absolute atomic E-state index is 14.7.